The second-order valence-corrected chi connectivity index (χ2v) is 3.18. The maximum atomic E-state index is 5.73. The molecule has 11 heavy (non-hydrogen) atoms. The van der Waals surface area contributed by atoms with Crippen LogP contribution in [-0.4, -0.2) is 0 Å². The van der Waals surface area contributed by atoms with Crippen LogP contribution in [0.2, 0.25) is 0 Å². The lowest BCUT2D eigenvalue weighted by Gasteiger charge is -2.02. The number of hydrogen-bond donors (Lipinski definition) is 1. The molecule has 0 spiro atoms. The topological polar surface area (TPSA) is 26.0 Å². The van der Waals surface area contributed by atoms with Crippen molar-refractivity contribution in [2.45, 2.75) is 13.0 Å². The second-order valence-electron chi connectivity index (χ2n) is 2.23. The van der Waals surface area contributed by atoms with Crippen molar-refractivity contribution in [2.75, 3.05) is 0 Å². The summed E-state index contributed by atoms with van der Waals surface area (Å²) in [6, 6.07) is 2.09. The van der Waals surface area contributed by atoms with Gasteiger partial charge in [0.25, 0.3) is 0 Å². The molecule has 1 atom stereocenters. The van der Waals surface area contributed by atoms with Crippen molar-refractivity contribution in [2.24, 2.45) is 5.73 Å². The molecular weight excluding hydrogens is 178 g/mol. The summed E-state index contributed by atoms with van der Waals surface area (Å²) in [7, 11) is 0. The summed E-state index contributed by atoms with van der Waals surface area (Å²) in [5.74, 6) is 0. The summed E-state index contributed by atoms with van der Waals surface area (Å²) in [6.45, 7) is 5.70. The van der Waals surface area contributed by atoms with Crippen LogP contribution in [0.3, 0.4) is 0 Å². The zero-order valence-electron chi connectivity index (χ0n) is 6.41. The molecule has 0 bridgehead atoms. The summed E-state index contributed by atoms with van der Waals surface area (Å²) in [5, 5.41) is 2.05. The van der Waals surface area contributed by atoms with Crippen molar-refractivity contribution in [3.8, 4) is 0 Å². The summed E-state index contributed by atoms with van der Waals surface area (Å²) in [5.41, 5.74) is 6.99. The van der Waals surface area contributed by atoms with E-state index < -0.39 is 0 Å². The predicted octanol–water partition coefficient (Wildman–Crippen LogP) is 2.66. The van der Waals surface area contributed by atoms with Crippen molar-refractivity contribution in [1.29, 1.82) is 0 Å². The largest absolute Gasteiger partial charge is 0.320 e. The molecule has 2 N–H and O–H groups in total. The minimum atomic E-state index is 0. The Morgan fingerprint density at radius 3 is 2.73 bits per heavy atom. The number of halogens is 1. The van der Waals surface area contributed by atoms with E-state index in [0.29, 0.717) is 0 Å². The monoisotopic (exact) mass is 189 g/mol. The molecule has 1 heterocycles. The molecule has 1 rings (SSSR count). The van der Waals surface area contributed by atoms with Crippen LogP contribution in [0.1, 0.15) is 16.5 Å². The van der Waals surface area contributed by atoms with E-state index in [4.69, 9.17) is 5.73 Å². The van der Waals surface area contributed by atoms with Gasteiger partial charge in [-0.1, -0.05) is 6.08 Å². The average Bonchev–Trinajstić information content (AvgIpc) is 2.34. The first-order chi connectivity index (χ1) is 4.75. The Morgan fingerprint density at radius 1 is 1.73 bits per heavy atom. The van der Waals surface area contributed by atoms with Gasteiger partial charge in [0.15, 0.2) is 0 Å². The maximum absolute atomic E-state index is 5.73. The van der Waals surface area contributed by atoms with Crippen molar-refractivity contribution < 1.29 is 0 Å². The van der Waals surface area contributed by atoms with Crippen LogP contribution in [-0.2, 0) is 0 Å². The quantitative estimate of drug-likeness (QED) is 0.712. The smallest absolute Gasteiger partial charge is 0.0575 e. The molecule has 0 saturated carbocycles. The summed E-state index contributed by atoms with van der Waals surface area (Å²) in [6.07, 6.45) is 1.76. The highest BCUT2D eigenvalue weighted by Gasteiger charge is 2.04. The molecule has 1 aromatic rings. The Kier molecular flexibility index (Phi) is 4.42. The molecule has 0 aromatic carbocycles. The van der Waals surface area contributed by atoms with Gasteiger partial charge >= 0.3 is 0 Å². The van der Waals surface area contributed by atoms with Crippen molar-refractivity contribution in [1.82, 2.24) is 0 Å². The van der Waals surface area contributed by atoms with Gasteiger partial charge in [0.1, 0.15) is 0 Å². The van der Waals surface area contributed by atoms with Gasteiger partial charge in [0.05, 0.1) is 6.04 Å². The Balaban J connectivity index is 0.000001000. The molecule has 0 saturated heterocycles. The standard InChI is InChI=1S/C8H11NS.ClH/c1-3-7(9)8-6(2)4-5-10-8;/h3-5,7H,1,9H2,2H3;1H/t7-;/m0./s1. The zero-order chi connectivity index (χ0) is 7.56. The van der Waals surface area contributed by atoms with Crippen molar-refractivity contribution in [3.63, 3.8) is 0 Å². The highest BCUT2D eigenvalue weighted by molar-refractivity contribution is 7.10. The molecule has 0 aliphatic heterocycles. The molecule has 0 amide bonds. The fraction of sp³-hybridized carbons (Fsp3) is 0.250. The number of rotatable bonds is 2. The summed E-state index contributed by atoms with van der Waals surface area (Å²) < 4.78 is 0. The van der Waals surface area contributed by atoms with Gasteiger partial charge < -0.3 is 5.73 Å². The van der Waals surface area contributed by atoms with Gasteiger partial charge in [-0.25, -0.2) is 0 Å². The first-order valence-corrected chi connectivity index (χ1v) is 4.06. The van der Waals surface area contributed by atoms with E-state index in [1.807, 2.05) is 5.38 Å². The van der Waals surface area contributed by atoms with Gasteiger partial charge in [-0.05, 0) is 23.9 Å². The van der Waals surface area contributed by atoms with Gasteiger partial charge in [-0.15, -0.1) is 30.3 Å². The zero-order valence-corrected chi connectivity index (χ0v) is 8.04. The van der Waals surface area contributed by atoms with E-state index in [0.717, 1.165) is 0 Å². The van der Waals surface area contributed by atoms with Crippen molar-refractivity contribution in [3.05, 3.63) is 34.5 Å². The first-order valence-electron chi connectivity index (χ1n) is 3.18. The number of hydrogen-bond acceptors (Lipinski definition) is 2. The molecule has 0 radical (unpaired) electrons. The van der Waals surface area contributed by atoms with E-state index in [1.165, 1.54) is 10.4 Å². The van der Waals surface area contributed by atoms with Crippen LogP contribution >= 0.6 is 23.7 Å². The Bertz CT molecular complexity index is 232. The van der Waals surface area contributed by atoms with Crippen LogP contribution in [0.15, 0.2) is 24.1 Å². The molecule has 62 valence electrons. The van der Waals surface area contributed by atoms with Crippen LogP contribution in [0, 0.1) is 6.92 Å². The summed E-state index contributed by atoms with van der Waals surface area (Å²) in [4.78, 5) is 1.22. The fourth-order valence-corrected chi connectivity index (χ4v) is 1.76. The lowest BCUT2D eigenvalue weighted by Crippen LogP contribution is -2.05. The third-order valence-electron chi connectivity index (χ3n) is 1.46. The molecular formula is C8H12ClNS. The fourth-order valence-electron chi connectivity index (χ4n) is 0.833. The Hall–Kier alpha value is -0.310. The van der Waals surface area contributed by atoms with Crippen LogP contribution in [0.5, 0.6) is 0 Å². The molecule has 1 nitrogen and oxygen atoms in total. The van der Waals surface area contributed by atoms with E-state index in [1.54, 1.807) is 17.4 Å². The molecule has 0 fully saturated rings. The first kappa shape index (κ1) is 10.7. The van der Waals surface area contributed by atoms with Crippen molar-refractivity contribution >= 4 is 23.7 Å². The maximum Gasteiger partial charge on any atom is 0.0575 e. The molecule has 0 unspecified atom stereocenters. The van der Waals surface area contributed by atoms with E-state index >= 15 is 0 Å². The Labute approximate surface area is 77.3 Å². The third kappa shape index (κ3) is 2.33. The third-order valence-corrected chi connectivity index (χ3v) is 2.58. The highest BCUT2D eigenvalue weighted by Crippen LogP contribution is 2.22. The van der Waals surface area contributed by atoms with Crippen LogP contribution in [0.25, 0.3) is 0 Å². The molecule has 1 aromatic heterocycles. The number of aryl methyl sites for hydroxylation is 1. The number of thiophene rings is 1. The van der Waals surface area contributed by atoms with E-state index in [2.05, 4.69) is 19.6 Å². The lowest BCUT2D eigenvalue weighted by atomic mass is 10.2. The molecule has 0 aliphatic rings. The number of nitrogens with two attached hydrogens (primary N) is 1. The highest BCUT2D eigenvalue weighted by atomic mass is 35.5. The van der Waals surface area contributed by atoms with E-state index in [9.17, 15) is 0 Å². The minimum absolute atomic E-state index is 0. The SMILES string of the molecule is C=C[C@H](N)c1sccc1C.Cl. The summed E-state index contributed by atoms with van der Waals surface area (Å²) >= 11 is 1.69. The van der Waals surface area contributed by atoms with Crippen LogP contribution < -0.4 is 5.73 Å². The van der Waals surface area contributed by atoms with Gasteiger partial charge in [0.2, 0.25) is 0 Å². The van der Waals surface area contributed by atoms with Gasteiger partial charge in [-0.2, -0.15) is 0 Å². The lowest BCUT2D eigenvalue weighted by molar-refractivity contribution is 0.930. The minimum Gasteiger partial charge on any atom is -0.320 e. The predicted molar refractivity (Wildman–Crippen MR) is 53.4 cm³/mol. The van der Waals surface area contributed by atoms with Gasteiger partial charge in [-0.3, -0.25) is 0 Å². The molecule has 3 heteroatoms. The molecule has 0 aliphatic carbocycles. The van der Waals surface area contributed by atoms with Gasteiger partial charge in [0, 0.05) is 4.88 Å². The second kappa shape index (κ2) is 4.54. The van der Waals surface area contributed by atoms with Crippen LogP contribution in [0.4, 0.5) is 0 Å². The average molecular weight is 190 g/mol. The Morgan fingerprint density at radius 2 is 2.36 bits per heavy atom. The normalized spacial score (nSPS) is 11.8. The van der Waals surface area contributed by atoms with E-state index in [-0.39, 0.29) is 18.4 Å².